The standard InChI is InChI=1S/C10H15N3O3S.ClH/c1-2-16-9(15)5-7-6-17-10(12-7)13-8(14)3-4-11;/h6H,2-5,11H2,1H3,(H,12,13,14);1H. The van der Waals surface area contributed by atoms with Gasteiger partial charge in [0.15, 0.2) is 5.13 Å². The van der Waals surface area contributed by atoms with Gasteiger partial charge in [0, 0.05) is 18.3 Å². The Morgan fingerprint density at radius 3 is 2.89 bits per heavy atom. The van der Waals surface area contributed by atoms with Gasteiger partial charge >= 0.3 is 5.97 Å². The van der Waals surface area contributed by atoms with Gasteiger partial charge in [-0.2, -0.15) is 0 Å². The van der Waals surface area contributed by atoms with Crippen LogP contribution in [0.25, 0.3) is 0 Å². The zero-order chi connectivity index (χ0) is 12.7. The van der Waals surface area contributed by atoms with E-state index in [4.69, 9.17) is 10.5 Å². The van der Waals surface area contributed by atoms with Gasteiger partial charge in [0.25, 0.3) is 0 Å². The molecule has 18 heavy (non-hydrogen) atoms. The summed E-state index contributed by atoms with van der Waals surface area (Å²) in [5.74, 6) is -0.498. The van der Waals surface area contributed by atoms with E-state index in [1.54, 1.807) is 12.3 Å². The van der Waals surface area contributed by atoms with Gasteiger partial charge in [0.2, 0.25) is 5.91 Å². The molecular formula is C10H16ClN3O3S. The summed E-state index contributed by atoms with van der Waals surface area (Å²) in [5, 5.41) is 4.80. The molecule has 1 heterocycles. The second-order valence-corrected chi connectivity index (χ2v) is 4.07. The first-order valence-corrected chi connectivity index (χ1v) is 6.13. The second kappa shape index (κ2) is 8.84. The van der Waals surface area contributed by atoms with Crippen molar-refractivity contribution < 1.29 is 14.3 Å². The van der Waals surface area contributed by atoms with Crippen LogP contribution in [0.5, 0.6) is 0 Å². The lowest BCUT2D eigenvalue weighted by Gasteiger charge is -1.99. The van der Waals surface area contributed by atoms with Gasteiger partial charge in [-0.15, -0.1) is 23.7 Å². The van der Waals surface area contributed by atoms with Crippen molar-refractivity contribution in [3.8, 4) is 0 Å². The van der Waals surface area contributed by atoms with Crippen LogP contribution in [-0.4, -0.2) is 30.0 Å². The third kappa shape index (κ3) is 5.95. The molecule has 0 aliphatic heterocycles. The first-order chi connectivity index (χ1) is 8.15. The number of nitrogens with zero attached hydrogens (tertiary/aromatic N) is 1. The minimum absolute atomic E-state index is 0. The van der Waals surface area contributed by atoms with Crippen LogP contribution in [0.1, 0.15) is 19.0 Å². The third-order valence-corrected chi connectivity index (χ3v) is 2.61. The maximum atomic E-state index is 11.2. The zero-order valence-corrected chi connectivity index (χ0v) is 11.6. The van der Waals surface area contributed by atoms with Crippen LogP contribution in [-0.2, 0) is 20.7 Å². The highest BCUT2D eigenvalue weighted by atomic mass is 35.5. The first-order valence-electron chi connectivity index (χ1n) is 5.25. The van der Waals surface area contributed by atoms with Crippen molar-refractivity contribution in [1.82, 2.24) is 4.98 Å². The lowest BCUT2D eigenvalue weighted by Crippen LogP contribution is -2.16. The van der Waals surface area contributed by atoms with Crippen molar-refractivity contribution in [2.75, 3.05) is 18.5 Å². The minimum atomic E-state index is -0.322. The molecule has 3 N–H and O–H groups in total. The fourth-order valence-electron chi connectivity index (χ4n) is 1.12. The minimum Gasteiger partial charge on any atom is -0.466 e. The predicted octanol–water partition coefficient (Wildman–Crippen LogP) is 0.958. The number of nitrogens with one attached hydrogen (secondary N) is 1. The molecule has 8 heteroatoms. The van der Waals surface area contributed by atoms with Crippen molar-refractivity contribution in [1.29, 1.82) is 0 Å². The molecule has 0 spiro atoms. The van der Waals surface area contributed by atoms with Gasteiger partial charge in [0.1, 0.15) is 0 Å². The number of carbonyl (C=O) groups is 2. The van der Waals surface area contributed by atoms with E-state index in [2.05, 4.69) is 10.3 Å². The zero-order valence-electron chi connectivity index (χ0n) is 9.97. The van der Waals surface area contributed by atoms with Crippen LogP contribution in [0.2, 0.25) is 0 Å². The summed E-state index contributed by atoms with van der Waals surface area (Å²) in [5.41, 5.74) is 5.84. The van der Waals surface area contributed by atoms with E-state index in [1.807, 2.05) is 0 Å². The summed E-state index contributed by atoms with van der Waals surface area (Å²) in [6.45, 7) is 2.40. The lowest BCUT2D eigenvalue weighted by atomic mass is 10.3. The third-order valence-electron chi connectivity index (χ3n) is 1.80. The van der Waals surface area contributed by atoms with Crippen LogP contribution in [0.15, 0.2) is 5.38 Å². The fourth-order valence-corrected chi connectivity index (χ4v) is 1.84. The molecular weight excluding hydrogens is 278 g/mol. The van der Waals surface area contributed by atoms with Gasteiger partial charge in [0.05, 0.1) is 18.7 Å². The molecule has 0 atom stereocenters. The Morgan fingerprint density at radius 2 is 2.28 bits per heavy atom. The normalized spacial score (nSPS) is 9.44. The van der Waals surface area contributed by atoms with Gasteiger partial charge < -0.3 is 15.8 Å². The molecule has 0 saturated heterocycles. The van der Waals surface area contributed by atoms with E-state index in [0.717, 1.165) is 0 Å². The highest BCUT2D eigenvalue weighted by molar-refractivity contribution is 7.13. The number of hydrogen-bond acceptors (Lipinski definition) is 6. The number of amides is 1. The lowest BCUT2D eigenvalue weighted by molar-refractivity contribution is -0.142. The molecule has 1 aromatic rings. The summed E-state index contributed by atoms with van der Waals surface area (Å²) < 4.78 is 4.80. The molecule has 1 rings (SSSR count). The quantitative estimate of drug-likeness (QED) is 0.762. The summed E-state index contributed by atoms with van der Waals surface area (Å²) in [4.78, 5) is 26.5. The average Bonchev–Trinajstić information content (AvgIpc) is 2.66. The highest BCUT2D eigenvalue weighted by Crippen LogP contribution is 2.16. The fraction of sp³-hybridized carbons (Fsp3) is 0.500. The van der Waals surface area contributed by atoms with E-state index < -0.39 is 0 Å². The Labute approximate surface area is 115 Å². The molecule has 0 unspecified atom stereocenters. The van der Waals surface area contributed by atoms with Crippen molar-refractivity contribution in [3.63, 3.8) is 0 Å². The van der Waals surface area contributed by atoms with Crippen LogP contribution in [0.3, 0.4) is 0 Å². The van der Waals surface area contributed by atoms with Crippen molar-refractivity contribution >= 4 is 40.8 Å². The van der Waals surface area contributed by atoms with Crippen molar-refractivity contribution in [2.45, 2.75) is 19.8 Å². The molecule has 1 aromatic heterocycles. The SMILES string of the molecule is CCOC(=O)Cc1csc(NC(=O)CCN)n1.Cl. The van der Waals surface area contributed by atoms with Crippen LogP contribution in [0, 0.1) is 0 Å². The molecule has 0 radical (unpaired) electrons. The maximum Gasteiger partial charge on any atom is 0.311 e. The molecule has 0 aromatic carbocycles. The molecule has 0 aliphatic carbocycles. The average molecular weight is 294 g/mol. The van der Waals surface area contributed by atoms with E-state index >= 15 is 0 Å². The largest absolute Gasteiger partial charge is 0.466 e. The van der Waals surface area contributed by atoms with Gasteiger partial charge in [-0.1, -0.05) is 0 Å². The van der Waals surface area contributed by atoms with E-state index in [9.17, 15) is 9.59 Å². The number of anilines is 1. The number of nitrogens with two attached hydrogens (primary N) is 1. The highest BCUT2D eigenvalue weighted by Gasteiger charge is 2.09. The van der Waals surface area contributed by atoms with E-state index in [-0.39, 0.29) is 37.1 Å². The molecule has 0 fully saturated rings. The number of ether oxygens (including phenoxy) is 1. The summed E-state index contributed by atoms with van der Waals surface area (Å²) >= 11 is 1.27. The van der Waals surface area contributed by atoms with Crippen molar-refractivity contribution in [2.24, 2.45) is 5.73 Å². The topological polar surface area (TPSA) is 94.3 Å². The Bertz CT molecular complexity index is 363. The van der Waals surface area contributed by atoms with Crippen LogP contribution in [0.4, 0.5) is 5.13 Å². The molecule has 0 aliphatic rings. The van der Waals surface area contributed by atoms with Gasteiger partial charge in [-0.3, -0.25) is 9.59 Å². The number of thiazole rings is 1. The Morgan fingerprint density at radius 1 is 1.56 bits per heavy atom. The van der Waals surface area contributed by atoms with E-state index in [0.29, 0.717) is 24.0 Å². The van der Waals surface area contributed by atoms with E-state index in [1.165, 1.54) is 11.3 Å². The number of hydrogen-bond donors (Lipinski definition) is 2. The second-order valence-electron chi connectivity index (χ2n) is 3.21. The Balaban J connectivity index is 0.00000289. The number of aromatic nitrogens is 1. The van der Waals surface area contributed by atoms with Crippen molar-refractivity contribution in [3.05, 3.63) is 11.1 Å². The smallest absolute Gasteiger partial charge is 0.311 e. The monoisotopic (exact) mass is 293 g/mol. The Kier molecular flexibility index (Phi) is 8.27. The summed E-state index contributed by atoms with van der Waals surface area (Å²) in [6, 6.07) is 0. The van der Waals surface area contributed by atoms with Crippen LogP contribution >= 0.6 is 23.7 Å². The van der Waals surface area contributed by atoms with Crippen LogP contribution < -0.4 is 11.1 Å². The first kappa shape index (κ1) is 16.8. The molecule has 6 nitrogen and oxygen atoms in total. The predicted molar refractivity (Wildman–Crippen MR) is 72.0 cm³/mol. The number of rotatable bonds is 6. The number of halogens is 1. The number of esters is 1. The molecule has 1 amide bonds. The Hall–Kier alpha value is -1.18. The number of carbonyl (C=O) groups excluding carboxylic acids is 2. The molecule has 0 bridgehead atoms. The summed E-state index contributed by atoms with van der Waals surface area (Å²) in [7, 11) is 0. The molecule has 0 saturated carbocycles. The molecule has 102 valence electrons. The summed E-state index contributed by atoms with van der Waals surface area (Å²) in [6.07, 6.45) is 0.379. The maximum absolute atomic E-state index is 11.2. The van der Waals surface area contributed by atoms with Gasteiger partial charge in [-0.25, -0.2) is 4.98 Å². The van der Waals surface area contributed by atoms with Gasteiger partial charge in [-0.05, 0) is 6.92 Å².